The van der Waals surface area contributed by atoms with Crippen molar-refractivity contribution < 1.29 is 0 Å². The van der Waals surface area contributed by atoms with Crippen LogP contribution in [0.1, 0.15) is 32.3 Å². The van der Waals surface area contributed by atoms with E-state index in [4.69, 9.17) is 5.73 Å². The maximum atomic E-state index is 6.00. The smallest absolute Gasteiger partial charge is 0.0371 e. The van der Waals surface area contributed by atoms with Crippen molar-refractivity contribution in [1.29, 1.82) is 0 Å². The Morgan fingerprint density at radius 3 is 2.44 bits per heavy atom. The molecule has 0 aliphatic carbocycles. The molecule has 0 saturated heterocycles. The molecule has 0 aliphatic heterocycles. The molecule has 1 aromatic rings. The SMILES string of the molecule is CCC(CC)N(C)Cc1c(N)cccc1Br. The van der Waals surface area contributed by atoms with Gasteiger partial charge in [0.05, 0.1) is 0 Å². The monoisotopic (exact) mass is 284 g/mol. The standard InChI is InChI=1S/C13H21BrN2/c1-4-10(5-2)16(3)9-11-12(14)7-6-8-13(11)15/h6-8,10H,4-5,9,15H2,1-3H3. The van der Waals surface area contributed by atoms with Crippen molar-refractivity contribution in [3.63, 3.8) is 0 Å². The van der Waals surface area contributed by atoms with Crippen molar-refractivity contribution in [1.82, 2.24) is 4.90 Å². The lowest BCUT2D eigenvalue weighted by Crippen LogP contribution is -2.30. The molecule has 0 saturated carbocycles. The van der Waals surface area contributed by atoms with E-state index in [1.807, 2.05) is 18.2 Å². The van der Waals surface area contributed by atoms with Crippen LogP contribution in [0.25, 0.3) is 0 Å². The van der Waals surface area contributed by atoms with Gasteiger partial charge < -0.3 is 5.73 Å². The highest BCUT2D eigenvalue weighted by Gasteiger charge is 2.13. The molecule has 3 heteroatoms. The molecule has 0 amide bonds. The number of hydrogen-bond donors (Lipinski definition) is 1. The van der Waals surface area contributed by atoms with E-state index < -0.39 is 0 Å². The highest BCUT2D eigenvalue weighted by Crippen LogP contribution is 2.24. The highest BCUT2D eigenvalue weighted by molar-refractivity contribution is 9.10. The molecule has 0 spiro atoms. The molecule has 0 unspecified atom stereocenters. The number of rotatable bonds is 5. The van der Waals surface area contributed by atoms with E-state index in [1.54, 1.807) is 0 Å². The molecular formula is C13H21BrN2. The van der Waals surface area contributed by atoms with Gasteiger partial charge in [-0.2, -0.15) is 0 Å². The van der Waals surface area contributed by atoms with E-state index >= 15 is 0 Å². The Hall–Kier alpha value is -0.540. The van der Waals surface area contributed by atoms with E-state index in [2.05, 4.69) is 41.7 Å². The molecule has 2 N–H and O–H groups in total. The Labute approximate surface area is 107 Å². The van der Waals surface area contributed by atoms with Crippen LogP contribution in [0.5, 0.6) is 0 Å². The number of anilines is 1. The minimum Gasteiger partial charge on any atom is -0.398 e. The Bertz CT molecular complexity index is 314. The second-order valence-corrected chi connectivity index (χ2v) is 5.05. The Morgan fingerprint density at radius 2 is 1.94 bits per heavy atom. The number of benzene rings is 1. The summed E-state index contributed by atoms with van der Waals surface area (Å²) in [7, 11) is 2.16. The third-order valence-corrected chi connectivity index (χ3v) is 3.87. The van der Waals surface area contributed by atoms with Gasteiger partial charge >= 0.3 is 0 Å². The van der Waals surface area contributed by atoms with Gasteiger partial charge in [0.1, 0.15) is 0 Å². The molecule has 0 aromatic heterocycles. The lowest BCUT2D eigenvalue weighted by atomic mass is 10.1. The first kappa shape index (κ1) is 13.5. The van der Waals surface area contributed by atoms with Crippen molar-refractivity contribution in [3.8, 4) is 0 Å². The summed E-state index contributed by atoms with van der Waals surface area (Å²) in [5.41, 5.74) is 8.06. The lowest BCUT2D eigenvalue weighted by Gasteiger charge is -2.27. The largest absolute Gasteiger partial charge is 0.398 e. The molecular weight excluding hydrogens is 264 g/mol. The normalized spacial score (nSPS) is 11.4. The summed E-state index contributed by atoms with van der Waals surface area (Å²) in [5.74, 6) is 0. The van der Waals surface area contributed by atoms with Crippen molar-refractivity contribution >= 4 is 21.6 Å². The summed E-state index contributed by atoms with van der Waals surface area (Å²) < 4.78 is 1.10. The van der Waals surface area contributed by atoms with Gasteiger partial charge in [-0.1, -0.05) is 35.8 Å². The van der Waals surface area contributed by atoms with Gasteiger partial charge in [-0.3, -0.25) is 4.90 Å². The summed E-state index contributed by atoms with van der Waals surface area (Å²) in [5, 5.41) is 0. The number of hydrogen-bond acceptors (Lipinski definition) is 2. The summed E-state index contributed by atoms with van der Waals surface area (Å²) in [6.45, 7) is 5.36. The molecule has 0 fully saturated rings. The quantitative estimate of drug-likeness (QED) is 0.837. The predicted octanol–water partition coefficient (Wildman–Crippen LogP) is 3.65. The van der Waals surface area contributed by atoms with Crippen LogP contribution in [-0.4, -0.2) is 18.0 Å². The lowest BCUT2D eigenvalue weighted by molar-refractivity contribution is 0.222. The summed E-state index contributed by atoms with van der Waals surface area (Å²) >= 11 is 3.56. The van der Waals surface area contributed by atoms with Crippen LogP contribution < -0.4 is 5.73 Å². The number of halogens is 1. The molecule has 0 aliphatic rings. The zero-order valence-electron chi connectivity index (χ0n) is 10.3. The molecule has 0 bridgehead atoms. The third-order valence-electron chi connectivity index (χ3n) is 3.13. The first-order valence-corrected chi connectivity index (χ1v) is 6.62. The van der Waals surface area contributed by atoms with Gasteiger partial charge in [-0.25, -0.2) is 0 Å². The summed E-state index contributed by atoms with van der Waals surface area (Å²) in [6.07, 6.45) is 2.36. The van der Waals surface area contributed by atoms with Gasteiger partial charge in [-0.15, -0.1) is 0 Å². The van der Waals surface area contributed by atoms with E-state index in [0.717, 1.165) is 16.7 Å². The molecule has 90 valence electrons. The topological polar surface area (TPSA) is 29.3 Å². The van der Waals surface area contributed by atoms with E-state index in [9.17, 15) is 0 Å². The number of nitrogens with two attached hydrogens (primary N) is 1. The second kappa shape index (κ2) is 6.26. The fourth-order valence-corrected chi connectivity index (χ4v) is 2.54. The van der Waals surface area contributed by atoms with Crippen LogP contribution in [0.15, 0.2) is 22.7 Å². The first-order valence-electron chi connectivity index (χ1n) is 5.83. The van der Waals surface area contributed by atoms with Gasteiger partial charge in [0, 0.05) is 28.3 Å². The highest BCUT2D eigenvalue weighted by atomic mass is 79.9. The maximum absolute atomic E-state index is 6.00. The average Bonchev–Trinajstić information content (AvgIpc) is 2.25. The molecule has 0 heterocycles. The first-order chi connectivity index (χ1) is 7.60. The number of nitrogens with zero attached hydrogens (tertiary/aromatic N) is 1. The van der Waals surface area contributed by atoms with Crippen LogP contribution in [-0.2, 0) is 6.54 Å². The van der Waals surface area contributed by atoms with Crippen LogP contribution in [0.3, 0.4) is 0 Å². The summed E-state index contributed by atoms with van der Waals surface area (Å²) in [4.78, 5) is 2.37. The van der Waals surface area contributed by atoms with Crippen LogP contribution in [0, 0.1) is 0 Å². The van der Waals surface area contributed by atoms with Crippen molar-refractivity contribution in [2.24, 2.45) is 0 Å². The van der Waals surface area contributed by atoms with Gasteiger partial charge in [0.2, 0.25) is 0 Å². The minimum atomic E-state index is 0.631. The minimum absolute atomic E-state index is 0.631. The van der Waals surface area contributed by atoms with E-state index in [0.29, 0.717) is 6.04 Å². The predicted molar refractivity (Wildman–Crippen MR) is 74.4 cm³/mol. The van der Waals surface area contributed by atoms with Crippen molar-refractivity contribution in [2.45, 2.75) is 39.3 Å². The molecule has 1 aromatic carbocycles. The molecule has 0 radical (unpaired) electrons. The van der Waals surface area contributed by atoms with E-state index in [1.165, 1.54) is 18.4 Å². The van der Waals surface area contributed by atoms with Crippen molar-refractivity contribution in [3.05, 3.63) is 28.2 Å². The fourth-order valence-electron chi connectivity index (χ4n) is 2.03. The van der Waals surface area contributed by atoms with Gasteiger partial charge in [0.25, 0.3) is 0 Å². The van der Waals surface area contributed by atoms with Crippen LogP contribution in [0.2, 0.25) is 0 Å². The zero-order chi connectivity index (χ0) is 12.1. The second-order valence-electron chi connectivity index (χ2n) is 4.19. The van der Waals surface area contributed by atoms with Gasteiger partial charge in [-0.05, 0) is 32.0 Å². The molecule has 0 atom stereocenters. The number of nitrogen functional groups attached to an aromatic ring is 1. The molecule has 1 rings (SSSR count). The van der Waals surface area contributed by atoms with Crippen LogP contribution >= 0.6 is 15.9 Å². The maximum Gasteiger partial charge on any atom is 0.0371 e. The van der Waals surface area contributed by atoms with Crippen LogP contribution in [0.4, 0.5) is 5.69 Å². The Morgan fingerprint density at radius 1 is 1.31 bits per heavy atom. The van der Waals surface area contributed by atoms with E-state index in [-0.39, 0.29) is 0 Å². The van der Waals surface area contributed by atoms with Crippen molar-refractivity contribution in [2.75, 3.05) is 12.8 Å². The average molecular weight is 285 g/mol. The third kappa shape index (κ3) is 3.22. The Kier molecular flexibility index (Phi) is 5.29. The fraction of sp³-hybridized carbons (Fsp3) is 0.538. The van der Waals surface area contributed by atoms with Gasteiger partial charge in [0.15, 0.2) is 0 Å². The molecule has 16 heavy (non-hydrogen) atoms. The zero-order valence-corrected chi connectivity index (χ0v) is 11.9. The summed E-state index contributed by atoms with van der Waals surface area (Å²) in [6, 6.07) is 6.61. The Balaban J connectivity index is 2.80. The molecule has 2 nitrogen and oxygen atoms in total.